The quantitative estimate of drug-likeness (QED) is 0.350. The molecule has 156 valence electrons. The Bertz CT molecular complexity index is 974. The maximum atomic E-state index is 12.7. The summed E-state index contributed by atoms with van der Waals surface area (Å²) in [5, 5.41) is 21.7. The predicted molar refractivity (Wildman–Crippen MR) is 113 cm³/mol. The summed E-state index contributed by atoms with van der Waals surface area (Å²) in [5.41, 5.74) is 7.91. The maximum Gasteiger partial charge on any atom is 0.319 e. The Balaban J connectivity index is 1.61. The van der Waals surface area contributed by atoms with Crippen LogP contribution in [-0.2, 0) is 16.0 Å². The molecule has 0 bridgehead atoms. The first-order valence-corrected chi connectivity index (χ1v) is 9.48. The van der Waals surface area contributed by atoms with Crippen LogP contribution in [0.4, 0.5) is 16.2 Å². The number of para-hydroxylation sites is 1. The van der Waals surface area contributed by atoms with E-state index < -0.39 is 18.0 Å². The van der Waals surface area contributed by atoms with Crippen molar-refractivity contribution in [1.82, 2.24) is 5.32 Å². The Labute approximate surface area is 173 Å². The van der Waals surface area contributed by atoms with Gasteiger partial charge in [-0.1, -0.05) is 18.2 Å². The van der Waals surface area contributed by atoms with Crippen molar-refractivity contribution in [2.45, 2.75) is 25.3 Å². The topological polar surface area (TPSA) is 149 Å². The molecule has 0 saturated carbocycles. The number of carbonyl (C=O) groups excluding carboxylic acids is 2. The van der Waals surface area contributed by atoms with E-state index in [1.807, 2.05) is 0 Å². The molecule has 2 aromatic rings. The van der Waals surface area contributed by atoms with E-state index in [9.17, 15) is 14.4 Å². The van der Waals surface area contributed by atoms with Gasteiger partial charge >= 0.3 is 12.0 Å². The second-order valence-electron chi connectivity index (χ2n) is 6.94. The highest BCUT2D eigenvalue weighted by Gasteiger charge is 2.33. The van der Waals surface area contributed by atoms with E-state index >= 15 is 0 Å². The van der Waals surface area contributed by atoms with Crippen LogP contribution in [0.25, 0.3) is 0 Å². The maximum absolute atomic E-state index is 12.7. The molecule has 0 radical (unpaired) electrons. The molecule has 0 spiro atoms. The van der Waals surface area contributed by atoms with Gasteiger partial charge in [-0.2, -0.15) is 0 Å². The highest BCUT2D eigenvalue weighted by Crippen LogP contribution is 2.22. The fourth-order valence-electron chi connectivity index (χ4n) is 3.31. The summed E-state index contributed by atoms with van der Waals surface area (Å²) < 4.78 is 0. The zero-order valence-corrected chi connectivity index (χ0v) is 16.2. The molecule has 0 unspecified atom stereocenters. The summed E-state index contributed by atoms with van der Waals surface area (Å²) in [7, 11) is 0. The van der Waals surface area contributed by atoms with Gasteiger partial charge in [-0.3, -0.25) is 15.0 Å². The molecule has 30 heavy (non-hydrogen) atoms. The number of hydrogen-bond donors (Lipinski definition) is 5. The lowest BCUT2D eigenvalue weighted by atomic mass is 10.1. The van der Waals surface area contributed by atoms with Crippen molar-refractivity contribution in [3.05, 3.63) is 59.7 Å². The number of amidine groups is 1. The van der Waals surface area contributed by atoms with Crippen LogP contribution in [0.5, 0.6) is 0 Å². The first-order chi connectivity index (χ1) is 14.3. The molecular weight excluding hydrogens is 386 g/mol. The molecule has 0 aromatic heterocycles. The average molecular weight is 409 g/mol. The van der Waals surface area contributed by atoms with Gasteiger partial charge in [0.05, 0.1) is 0 Å². The molecule has 9 heteroatoms. The van der Waals surface area contributed by atoms with E-state index in [2.05, 4.69) is 10.6 Å². The van der Waals surface area contributed by atoms with Gasteiger partial charge in [-0.15, -0.1) is 0 Å². The number of nitrogens with two attached hydrogens (primary N) is 1. The van der Waals surface area contributed by atoms with Crippen molar-refractivity contribution >= 4 is 35.1 Å². The van der Waals surface area contributed by atoms with E-state index in [1.165, 1.54) is 0 Å². The van der Waals surface area contributed by atoms with E-state index in [0.29, 0.717) is 35.5 Å². The van der Waals surface area contributed by atoms with Crippen LogP contribution in [0.15, 0.2) is 48.5 Å². The van der Waals surface area contributed by atoms with Crippen molar-refractivity contribution in [3.63, 3.8) is 0 Å². The van der Waals surface area contributed by atoms with Crippen LogP contribution in [0.1, 0.15) is 24.0 Å². The third-order valence-electron chi connectivity index (χ3n) is 4.87. The Hall–Kier alpha value is -3.88. The van der Waals surface area contributed by atoms with Crippen molar-refractivity contribution in [1.29, 1.82) is 5.41 Å². The molecule has 1 atom stereocenters. The van der Waals surface area contributed by atoms with E-state index in [-0.39, 0.29) is 24.6 Å². The zero-order chi connectivity index (χ0) is 21.7. The van der Waals surface area contributed by atoms with Crippen molar-refractivity contribution in [2.24, 2.45) is 5.73 Å². The summed E-state index contributed by atoms with van der Waals surface area (Å²) in [6.45, 7) is 0.457. The number of carbonyl (C=O) groups is 3. The number of anilines is 2. The van der Waals surface area contributed by atoms with Gasteiger partial charge in [0.15, 0.2) is 0 Å². The molecule has 1 saturated heterocycles. The number of nitrogen functional groups attached to an aromatic ring is 1. The fraction of sp³-hybridized carbons (Fsp3) is 0.238. The monoisotopic (exact) mass is 409 g/mol. The zero-order valence-electron chi connectivity index (χ0n) is 16.2. The minimum Gasteiger partial charge on any atom is -0.481 e. The highest BCUT2D eigenvalue weighted by molar-refractivity contribution is 6.03. The molecule has 6 N–H and O–H groups in total. The lowest BCUT2D eigenvalue weighted by molar-refractivity contribution is -0.137. The predicted octanol–water partition coefficient (Wildman–Crippen LogP) is 1.91. The van der Waals surface area contributed by atoms with Crippen LogP contribution < -0.4 is 21.3 Å². The second-order valence-corrected chi connectivity index (χ2v) is 6.94. The minimum atomic E-state index is -0.915. The summed E-state index contributed by atoms with van der Waals surface area (Å²) in [6.07, 6.45) is 0.707. The largest absolute Gasteiger partial charge is 0.481 e. The van der Waals surface area contributed by atoms with Gasteiger partial charge in [0.25, 0.3) is 0 Å². The van der Waals surface area contributed by atoms with Crippen LogP contribution in [0.3, 0.4) is 0 Å². The number of hydrogen-bond acceptors (Lipinski definition) is 4. The average Bonchev–Trinajstić information content (AvgIpc) is 3.07. The van der Waals surface area contributed by atoms with Crippen LogP contribution >= 0.6 is 0 Å². The molecule has 1 aliphatic rings. The Kier molecular flexibility index (Phi) is 6.31. The summed E-state index contributed by atoms with van der Waals surface area (Å²) >= 11 is 0. The number of carboxylic acids is 1. The van der Waals surface area contributed by atoms with Crippen LogP contribution in [0.2, 0.25) is 0 Å². The standard InChI is InChI=1S/C21H23N5O4/c22-19(23)14-5-8-15(9-6-14)26-12-11-17(20(26)29)25-21(30)24-16-4-2-1-3-13(16)7-10-18(27)28/h1-6,8-9,17H,7,10-12H2,(H3,22,23)(H,27,28)(H2,24,25,30)/t17-/m0/s1. The lowest BCUT2D eigenvalue weighted by Crippen LogP contribution is -2.43. The summed E-state index contributed by atoms with van der Waals surface area (Å²) in [5.74, 6) is -1.18. The van der Waals surface area contributed by atoms with Crippen molar-refractivity contribution in [3.8, 4) is 0 Å². The van der Waals surface area contributed by atoms with Crippen molar-refractivity contribution < 1.29 is 19.5 Å². The molecule has 0 aliphatic carbocycles. The van der Waals surface area contributed by atoms with Gasteiger partial charge < -0.3 is 26.4 Å². The van der Waals surface area contributed by atoms with E-state index in [0.717, 1.165) is 0 Å². The third kappa shape index (κ3) is 4.93. The van der Waals surface area contributed by atoms with E-state index in [4.69, 9.17) is 16.2 Å². The molecule has 3 rings (SSSR count). The van der Waals surface area contributed by atoms with Crippen LogP contribution in [-0.4, -0.2) is 41.4 Å². The summed E-state index contributed by atoms with van der Waals surface area (Å²) in [4.78, 5) is 37.5. The molecule has 1 fully saturated rings. The highest BCUT2D eigenvalue weighted by atomic mass is 16.4. The first kappa shape index (κ1) is 20.8. The third-order valence-corrected chi connectivity index (χ3v) is 4.87. The van der Waals surface area contributed by atoms with Gasteiger partial charge in [0, 0.05) is 29.9 Å². The number of urea groups is 1. The fourth-order valence-corrected chi connectivity index (χ4v) is 3.31. The smallest absolute Gasteiger partial charge is 0.319 e. The van der Waals surface area contributed by atoms with Gasteiger partial charge in [-0.25, -0.2) is 4.79 Å². The first-order valence-electron chi connectivity index (χ1n) is 9.48. The molecule has 1 aliphatic heterocycles. The van der Waals surface area contributed by atoms with Gasteiger partial charge in [0.2, 0.25) is 5.91 Å². The number of amides is 3. The molecule has 9 nitrogen and oxygen atoms in total. The number of benzene rings is 2. The van der Waals surface area contributed by atoms with E-state index in [1.54, 1.807) is 53.4 Å². The van der Waals surface area contributed by atoms with Crippen molar-refractivity contribution in [2.75, 3.05) is 16.8 Å². The molecular formula is C21H23N5O4. The Morgan fingerprint density at radius 1 is 1.17 bits per heavy atom. The number of carboxylic acid groups (broad SMARTS) is 1. The Morgan fingerprint density at radius 3 is 2.53 bits per heavy atom. The van der Waals surface area contributed by atoms with Crippen LogP contribution in [0, 0.1) is 5.41 Å². The second kappa shape index (κ2) is 9.08. The number of nitrogens with zero attached hydrogens (tertiary/aromatic N) is 1. The van der Waals surface area contributed by atoms with Gasteiger partial charge in [-0.05, 0) is 48.7 Å². The normalized spacial score (nSPS) is 15.7. The molecule has 1 heterocycles. The molecule has 2 aromatic carbocycles. The number of nitrogens with one attached hydrogen (secondary N) is 3. The SMILES string of the molecule is N=C(N)c1ccc(N2CC[C@H](NC(=O)Nc3ccccc3CCC(=O)O)C2=O)cc1. The number of rotatable bonds is 7. The van der Waals surface area contributed by atoms with Gasteiger partial charge in [0.1, 0.15) is 11.9 Å². The minimum absolute atomic E-state index is 0.0429. The number of aryl methyl sites for hydroxylation is 1. The lowest BCUT2D eigenvalue weighted by Gasteiger charge is -2.18. The summed E-state index contributed by atoms with van der Waals surface area (Å²) in [6, 6.07) is 12.6. The number of aliphatic carboxylic acids is 1. The molecule has 3 amide bonds. The Morgan fingerprint density at radius 2 is 1.87 bits per heavy atom.